The summed E-state index contributed by atoms with van der Waals surface area (Å²) in [6, 6.07) is 16.6. The topological polar surface area (TPSA) is 49.9 Å². The van der Waals surface area contributed by atoms with Crippen LogP contribution in [0.1, 0.15) is 46.3 Å². The summed E-state index contributed by atoms with van der Waals surface area (Å²) in [5.41, 5.74) is 2.82. The van der Waals surface area contributed by atoms with Crippen LogP contribution < -0.4 is 4.74 Å². The van der Waals surface area contributed by atoms with Crippen molar-refractivity contribution in [2.24, 2.45) is 5.92 Å². The van der Waals surface area contributed by atoms with Gasteiger partial charge in [-0.3, -0.25) is 9.59 Å². The SMILES string of the molecule is Cc1ccc(C(=O)N(CC(=O)N2CCc3sccc3C2COc2ccc(Cl)cc2)CC(C)C)cc1. The number of hydrogen-bond donors (Lipinski definition) is 0. The van der Waals surface area contributed by atoms with Crippen LogP contribution in [0.3, 0.4) is 0 Å². The average Bonchev–Trinajstić information content (AvgIpc) is 3.32. The number of hydrogen-bond acceptors (Lipinski definition) is 4. The van der Waals surface area contributed by atoms with Gasteiger partial charge in [-0.15, -0.1) is 11.3 Å². The maximum Gasteiger partial charge on any atom is 0.254 e. The van der Waals surface area contributed by atoms with E-state index in [4.69, 9.17) is 16.3 Å². The van der Waals surface area contributed by atoms with E-state index in [1.165, 1.54) is 4.88 Å². The van der Waals surface area contributed by atoms with E-state index in [0.29, 0.717) is 36.0 Å². The molecule has 0 radical (unpaired) electrons. The number of thiophene rings is 1. The quantitative estimate of drug-likeness (QED) is 0.372. The molecular weight excluding hydrogens is 480 g/mol. The Balaban J connectivity index is 1.52. The second kappa shape index (κ2) is 11.3. The fourth-order valence-corrected chi connectivity index (χ4v) is 5.43. The van der Waals surface area contributed by atoms with Crippen LogP contribution in [-0.2, 0) is 11.2 Å². The Bertz CT molecular complexity index is 1160. The van der Waals surface area contributed by atoms with Gasteiger partial charge >= 0.3 is 0 Å². The van der Waals surface area contributed by atoms with Crippen LogP contribution in [0.4, 0.5) is 0 Å². The Hall–Kier alpha value is -2.83. The number of nitrogens with zero attached hydrogens (tertiary/aromatic N) is 2. The molecule has 0 fully saturated rings. The van der Waals surface area contributed by atoms with Crippen LogP contribution in [0.15, 0.2) is 60.0 Å². The smallest absolute Gasteiger partial charge is 0.254 e. The van der Waals surface area contributed by atoms with Crippen molar-refractivity contribution in [2.75, 3.05) is 26.2 Å². The highest BCUT2D eigenvalue weighted by atomic mass is 35.5. The highest BCUT2D eigenvalue weighted by Crippen LogP contribution is 2.34. The summed E-state index contributed by atoms with van der Waals surface area (Å²) in [7, 11) is 0. The van der Waals surface area contributed by atoms with E-state index in [0.717, 1.165) is 17.5 Å². The number of benzene rings is 2. The van der Waals surface area contributed by atoms with Crippen molar-refractivity contribution in [3.8, 4) is 5.75 Å². The van der Waals surface area contributed by atoms with Crippen LogP contribution in [0.5, 0.6) is 5.75 Å². The molecule has 0 saturated carbocycles. The molecule has 184 valence electrons. The number of fused-ring (bicyclic) bond motifs is 1. The van der Waals surface area contributed by atoms with Crippen LogP contribution in [0, 0.1) is 12.8 Å². The largest absolute Gasteiger partial charge is 0.491 e. The van der Waals surface area contributed by atoms with Crippen molar-refractivity contribution in [3.63, 3.8) is 0 Å². The highest BCUT2D eigenvalue weighted by molar-refractivity contribution is 7.10. The number of ether oxygens (including phenoxy) is 1. The van der Waals surface area contributed by atoms with Gasteiger partial charge in [-0.05, 0) is 72.7 Å². The van der Waals surface area contributed by atoms with Gasteiger partial charge in [0.2, 0.25) is 5.91 Å². The van der Waals surface area contributed by atoms with Gasteiger partial charge in [0, 0.05) is 28.6 Å². The summed E-state index contributed by atoms with van der Waals surface area (Å²) in [5, 5.41) is 2.72. The van der Waals surface area contributed by atoms with Crippen molar-refractivity contribution >= 4 is 34.8 Å². The molecule has 2 heterocycles. The first-order valence-electron chi connectivity index (χ1n) is 11.9. The van der Waals surface area contributed by atoms with Crippen molar-refractivity contribution in [3.05, 3.63) is 86.6 Å². The molecule has 2 aromatic carbocycles. The zero-order valence-corrected chi connectivity index (χ0v) is 21.9. The minimum absolute atomic E-state index is 0.0435. The summed E-state index contributed by atoms with van der Waals surface area (Å²) in [4.78, 5) is 31.8. The Morgan fingerprint density at radius 2 is 1.83 bits per heavy atom. The van der Waals surface area contributed by atoms with Crippen molar-refractivity contribution < 1.29 is 14.3 Å². The first-order chi connectivity index (χ1) is 16.8. The number of amides is 2. The highest BCUT2D eigenvalue weighted by Gasteiger charge is 2.33. The summed E-state index contributed by atoms with van der Waals surface area (Å²) in [5.74, 6) is 0.771. The van der Waals surface area contributed by atoms with Gasteiger partial charge in [0.25, 0.3) is 5.91 Å². The maximum absolute atomic E-state index is 13.6. The lowest BCUT2D eigenvalue weighted by Crippen LogP contribution is -2.48. The number of carbonyl (C=O) groups is 2. The summed E-state index contributed by atoms with van der Waals surface area (Å²) in [6.07, 6.45) is 0.812. The number of carbonyl (C=O) groups excluding carboxylic acids is 2. The number of rotatable bonds is 8. The molecule has 35 heavy (non-hydrogen) atoms. The van der Waals surface area contributed by atoms with Gasteiger partial charge in [-0.1, -0.05) is 43.1 Å². The van der Waals surface area contributed by atoms with Crippen molar-refractivity contribution in [1.29, 1.82) is 0 Å². The Labute approximate surface area is 216 Å². The zero-order valence-electron chi connectivity index (χ0n) is 20.4. The Morgan fingerprint density at radius 1 is 1.11 bits per heavy atom. The zero-order chi connectivity index (χ0) is 24.9. The Kier molecular flexibility index (Phi) is 8.14. The van der Waals surface area contributed by atoms with Gasteiger partial charge in [0.15, 0.2) is 0 Å². The molecule has 1 aliphatic rings. The summed E-state index contributed by atoms with van der Waals surface area (Å²) >= 11 is 7.72. The molecule has 0 aliphatic carbocycles. The fraction of sp³-hybridized carbons (Fsp3) is 0.357. The van der Waals surface area contributed by atoms with Gasteiger partial charge in [-0.25, -0.2) is 0 Å². The van der Waals surface area contributed by atoms with E-state index < -0.39 is 0 Å². The molecule has 2 amide bonds. The maximum atomic E-state index is 13.6. The van der Waals surface area contributed by atoms with Crippen molar-refractivity contribution in [2.45, 2.75) is 33.2 Å². The third kappa shape index (κ3) is 6.24. The van der Waals surface area contributed by atoms with E-state index in [1.807, 2.05) is 48.2 Å². The van der Waals surface area contributed by atoms with E-state index in [-0.39, 0.29) is 30.3 Å². The molecule has 0 bridgehead atoms. The van der Waals surface area contributed by atoms with Gasteiger partial charge in [-0.2, -0.15) is 0 Å². The van der Waals surface area contributed by atoms with Gasteiger partial charge in [0.05, 0.1) is 6.04 Å². The monoisotopic (exact) mass is 510 g/mol. The number of aryl methyl sites for hydroxylation is 1. The second-order valence-corrected chi connectivity index (χ2v) is 10.8. The first-order valence-corrected chi connectivity index (χ1v) is 13.2. The summed E-state index contributed by atoms with van der Waals surface area (Å²) in [6.45, 7) is 7.61. The minimum atomic E-state index is -0.205. The molecule has 5 nitrogen and oxygen atoms in total. The predicted octanol–water partition coefficient (Wildman–Crippen LogP) is 6.01. The second-order valence-electron chi connectivity index (χ2n) is 9.36. The molecular formula is C28H31ClN2O3S. The fourth-order valence-electron chi connectivity index (χ4n) is 4.37. The molecule has 0 spiro atoms. The van der Waals surface area contributed by atoms with Gasteiger partial charge < -0.3 is 14.5 Å². The summed E-state index contributed by atoms with van der Waals surface area (Å²) < 4.78 is 6.08. The lowest BCUT2D eigenvalue weighted by atomic mass is 10.00. The predicted molar refractivity (Wildman–Crippen MR) is 141 cm³/mol. The van der Waals surface area contributed by atoms with E-state index in [2.05, 4.69) is 25.3 Å². The molecule has 1 atom stereocenters. The average molecular weight is 511 g/mol. The molecule has 1 aromatic heterocycles. The van der Waals surface area contributed by atoms with Gasteiger partial charge in [0.1, 0.15) is 18.9 Å². The first kappa shape index (κ1) is 25.3. The minimum Gasteiger partial charge on any atom is -0.491 e. The molecule has 7 heteroatoms. The molecule has 1 aliphatic heterocycles. The van der Waals surface area contributed by atoms with Crippen LogP contribution >= 0.6 is 22.9 Å². The molecule has 4 rings (SSSR count). The normalized spacial score (nSPS) is 15.1. The standard InChI is InChI=1S/C28H31ClN2O3S/c1-19(2)16-30(28(33)21-6-4-20(3)5-7-21)17-27(32)31-14-12-26-24(13-15-35-26)25(31)18-34-23-10-8-22(29)9-11-23/h4-11,13,15,19,25H,12,14,16-18H2,1-3H3. The number of halogens is 1. The third-order valence-corrected chi connectivity index (χ3v) is 7.38. The van der Waals surface area contributed by atoms with E-state index in [1.54, 1.807) is 28.4 Å². The molecule has 3 aromatic rings. The van der Waals surface area contributed by atoms with Crippen LogP contribution in [0.2, 0.25) is 5.02 Å². The van der Waals surface area contributed by atoms with E-state index in [9.17, 15) is 9.59 Å². The van der Waals surface area contributed by atoms with Crippen molar-refractivity contribution in [1.82, 2.24) is 9.80 Å². The van der Waals surface area contributed by atoms with Crippen LogP contribution in [0.25, 0.3) is 0 Å². The molecule has 1 unspecified atom stereocenters. The molecule has 0 saturated heterocycles. The Morgan fingerprint density at radius 3 is 2.51 bits per heavy atom. The van der Waals surface area contributed by atoms with E-state index >= 15 is 0 Å². The third-order valence-electron chi connectivity index (χ3n) is 6.13. The van der Waals surface area contributed by atoms with Crippen LogP contribution in [-0.4, -0.2) is 47.9 Å². The lowest BCUT2D eigenvalue weighted by molar-refractivity contribution is -0.135. The molecule has 0 N–H and O–H groups in total. The lowest BCUT2D eigenvalue weighted by Gasteiger charge is -2.37.